The number of piperidine rings is 1. The Labute approximate surface area is 159 Å². The summed E-state index contributed by atoms with van der Waals surface area (Å²) in [5, 5.41) is 2.81. The number of nitrogens with zero attached hydrogens (tertiary/aromatic N) is 1. The van der Waals surface area contributed by atoms with Crippen LogP contribution in [0.1, 0.15) is 34.3 Å². The second kappa shape index (κ2) is 7.78. The summed E-state index contributed by atoms with van der Waals surface area (Å²) >= 11 is 0. The van der Waals surface area contributed by atoms with E-state index in [9.17, 15) is 17.6 Å². The number of hydrogen-bond acceptors (Lipinski definition) is 3. The van der Waals surface area contributed by atoms with E-state index in [-0.39, 0.29) is 11.6 Å². The maximum Gasteiger partial charge on any atom is 0.254 e. The van der Waals surface area contributed by atoms with Gasteiger partial charge in [0.05, 0.1) is 10.5 Å². The lowest BCUT2D eigenvalue weighted by molar-refractivity contribution is 0.0920. The van der Waals surface area contributed by atoms with Crippen molar-refractivity contribution in [2.75, 3.05) is 13.1 Å². The minimum absolute atomic E-state index is 0.00262. The summed E-state index contributed by atoms with van der Waals surface area (Å²) in [7, 11) is -3.56. The van der Waals surface area contributed by atoms with Gasteiger partial charge in [-0.05, 0) is 50.5 Å². The van der Waals surface area contributed by atoms with Gasteiger partial charge in [0, 0.05) is 19.1 Å². The number of aryl methyl sites for hydroxylation is 2. The normalized spacial score (nSPS) is 16.3. The van der Waals surface area contributed by atoms with E-state index in [0.717, 1.165) is 11.1 Å². The number of carbonyl (C=O) groups excluding carboxylic acids is 1. The highest BCUT2D eigenvalue weighted by molar-refractivity contribution is 7.89. The van der Waals surface area contributed by atoms with Gasteiger partial charge in [0.2, 0.25) is 10.0 Å². The molecule has 0 bridgehead atoms. The highest BCUT2D eigenvalue weighted by Gasteiger charge is 2.31. The molecule has 1 heterocycles. The molecule has 1 aliphatic rings. The van der Waals surface area contributed by atoms with Crippen LogP contribution >= 0.6 is 0 Å². The van der Waals surface area contributed by atoms with Crippen LogP contribution in [0.2, 0.25) is 0 Å². The van der Waals surface area contributed by atoms with Gasteiger partial charge in [0.1, 0.15) is 5.82 Å². The summed E-state index contributed by atoms with van der Waals surface area (Å²) in [6.45, 7) is 4.35. The van der Waals surface area contributed by atoms with Crippen LogP contribution in [-0.4, -0.2) is 37.8 Å². The molecule has 0 saturated carbocycles. The summed E-state index contributed by atoms with van der Waals surface area (Å²) < 4.78 is 41.0. The van der Waals surface area contributed by atoms with Crippen LogP contribution in [-0.2, 0) is 10.0 Å². The molecular weight excluding hydrogens is 367 g/mol. The summed E-state index contributed by atoms with van der Waals surface area (Å²) in [4.78, 5) is 12.5. The highest BCUT2D eigenvalue weighted by Crippen LogP contribution is 2.24. The number of rotatable bonds is 4. The summed E-state index contributed by atoms with van der Waals surface area (Å²) in [5.74, 6) is -1.03. The summed E-state index contributed by atoms with van der Waals surface area (Å²) in [5.41, 5.74) is 1.74. The zero-order valence-electron chi connectivity index (χ0n) is 15.4. The zero-order chi connectivity index (χ0) is 19.6. The fraction of sp³-hybridized carbons (Fsp3) is 0.350. The fourth-order valence-corrected chi connectivity index (χ4v) is 5.05. The molecule has 3 rings (SSSR count). The predicted molar refractivity (Wildman–Crippen MR) is 102 cm³/mol. The second-order valence-electron chi connectivity index (χ2n) is 6.90. The first-order valence-corrected chi connectivity index (χ1v) is 10.4. The van der Waals surface area contributed by atoms with Crippen molar-refractivity contribution in [3.8, 4) is 0 Å². The van der Waals surface area contributed by atoms with E-state index in [4.69, 9.17) is 0 Å². The molecule has 1 fully saturated rings. The molecule has 2 aromatic carbocycles. The molecule has 1 aliphatic heterocycles. The van der Waals surface area contributed by atoms with E-state index in [1.807, 2.05) is 13.0 Å². The maximum absolute atomic E-state index is 13.7. The van der Waals surface area contributed by atoms with Crippen molar-refractivity contribution >= 4 is 15.9 Å². The SMILES string of the molecule is Cc1ccc(S(=O)(=O)N2CCC(NC(=O)c3ccccc3F)CC2)c(C)c1. The number of halogens is 1. The standard InChI is InChI=1S/C20H23FN2O3S/c1-14-7-8-19(15(2)13-14)27(25,26)23-11-9-16(10-12-23)22-20(24)17-5-3-4-6-18(17)21/h3-8,13,16H,9-12H2,1-2H3,(H,22,24). The molecule has 0 unspecified atom stereocenters. The summed E-state index contributed by atoms with van der Waals surface area (Å²) in [6, 6.07) is 10.9. The average Bonchev–Trinajstić information content (AvgIpc) is 2.62. The van der Waals surface area contributed by atoms with Crippen LogP contribution in [0.3, 0.4) is 0 Å². The van der Waals surface area contributed by atoms with Gasteiger partial charge in [-0.3, -0.25) is 4.79 Å². The van der Waals surface area contributed by atoms with Crippen molar-refractivity contribution in [1.82, 2.24) is 9.62 Å². The first-order chi connectivity index (χ1) is 12.8. The van der Waals surface area contributed by atoms with Crippen molar-refractivity contribution in [1.29, 1.82) is 0 Å². The van der Waals surface area contributed by atoms with Gasteiger partial charge in [-0.25, -0.2) is 12.8 Å². The Hall–Kier alpha value is -2.25. The lowest BCUT2D eigenvalue weighted by atomic mass is 10.1. The molecule has 1 N–H and O–H groups in total. The van der Waals surface area contributed by atoms with Crippen molar-refractivity contribution in [2.45, 2.75) is 37.6 Å². The number of nitrogens with one attached hydrogen (secondary N) is 1. The quantitative estimate of drug-likeness (QED) is 0.873. The Morgan fingerprint density at radius 3 is 2.41 bits per heavy atom. The smallest absolute Gasteiger partial charge is 0.254 e. The van der Waals surface area contributed by atoms with Crippen molar-refractivity contribution in [2.24, 2.45) is 0 Å². The molecule has 0 atom stereocenters. The van der Waals surface area contributed by atoms with Crippen LogP contribution in [0.15, 0.2) is 47.4 Å². The Balaban J connectivity index is 1.65. The van der Waals surface area contributed by atoms with Gasteiger partial charge < -0.3 is 5.32 Å². The third-order valence-corrected chi connectivity index (χ3v) is 6.91. The molecule has 27 heavy (non-hydrogen) atoms. The molecule has 0 radical (unpaired) electrons. The molecule has 0 aromatic heterocycles. The number of sulfonamides is 1. The molecule has 1 saturated heterocycles. The summed E-state index contributed by atoms with van der Waals surface area (Å²) in [6.07, 6.45) is 0.981. The van der Waals surface area contributed by atoms with E-state index in [2.05, 4.69) is 5.32 Å². The predicted octanol–water partition coefficient (Wildman–Crippen LogP) is 3.03. The minimum Gasteiger partial charge on any atom is -0.349 e. The third kappa shape index (κ3) is 4.20. The van der Waals surface area contributed by atoms with Crippen LogP contribution < -0.4 is 5.32 Å². The van der Waals surface area contributed by atoms with Gasteiger partial charge in [-0.2, -0.15) is 4.31 Å². The van der Waals surface area contributed by atoms with E-state index < -0.39 is 21.7 Å². The van der Waals surface area contributed by atoms with Gasteiger partial charge >= 0.3 is 0 Å². The third-order valence-electron chi connectivity index (χ3n) is 4.86. The molecule has 0 spiro atoms. The van der Waals surface area contributed by atoms with E-state index in [1.165, 1.54) is 22.5 Å². The lowest BCUT2D eigenvalue weighted by Gasteiger charge is -2.32. The maximum atomic E-state index is 13.7. The van der Waals surface area contributed by atoms with E-state index in [1.54, 1.807) is 25.1 Å². The number of hydrogen-bond donors (Lipinski definition) is 1. The van der Waals surface area contributed by atoms with Crippen LogP contribution in [0.25, 0.3) is 0 Å². The average molecular weight is 390 g/mol. The first-order valence-electron chi connectivity index (χ1n) is 8.92. The topological polar surface area (TPSA) is 66.5 Å². The van der Waals surface area contributed by atoms with Crippen LogP contribution in [0, 0.1) is 19.7 Å². The Morgan fingerprint density at radius 1 is 1.11 bits per heavy atom. The minimum atomic E-state index is -3.56. The Bertz CT molecular complexity index is 951. The van der Waals surface area contributed by atoms with E-state index >= 15 is 0 Å². The molecule has 5 nitrogen and oxygen atoms in total. The monoisotopic (exact) mass is 390 g/mol. The van der Waals surface area contributed by atoms with E-state index in [0.29, 0.717) is 30.8 Å². The Kier molecular flexibility index (Phi) is 5.62. The second-order valence-corrected chi connectivity index (χ2v) is 8.81. The highest BCUT2D eigenvalue weighted by atomic mass is 32.2. The molecule has 2 aromatic rings. The molecule has 0 aliphatic carbocycles. The number of benzene rings is 2. The molecule has 144 valence electrons. The van der Waals surface area contributed by atoms with Gasteiger partial charge in [-0.15, -0.1) is 0 Å². The van der Waals surface area contributed by atoms with Crippen LogP contribution in [0.5, 0.6) is 0 Å². The molecular formula is C20H23FN2O3S. The zero-order valence-corrected chi connectivity index (χ0v) is 16.2. The molecule has 7 heteroatoms. The van der Waals surface area contributed by atoms with Crippen LogP contribution in [0.4, 0.5) is 4.39 Å². The van der Waals surface area contributed by atoms with Crippen molar-refractivity contribution < 1.29 is 17.6 Å². The van der Waals surface area contributed by atoms with Gasteiger partial charge in [0.25, 0.3) is 5.91 Å². The number of amides is 1. The van der Waals surface area contributed by atoms with Gasteiger partial charge in [0.15, 0.2) is 0 Å². The Morgan fingerprint density at radius 2 is 1.78 bits per heavy atom. The van der Waals surface area contributed by atoms with Crippen molar-refractivity contribution in [3.63, 3.8) is 0 Å². The first kappa shape index (κ1) is 19.5. The van der Waals surface area contributed by atoms with Gasteiger partial charge in [-0.1, -0.05) is 29.8 Å². The van der Waals surface area contributed by atoms with Crippen molar-refractivity contribution in [3.05, 3.63) is 65.0 Å². The number of carbonyl (C=O) groups is 1. The largest absolute Gasteiger partial charge is 0.349 e. The lowest BCUT2D eigenvalue weighted by Crippen LogP contribution is -2.46. The fourth-order valence-electron chi connectivity index (χ4n) is 3.38. The molecule has 1 amide bonds.